The molecule has 1 aromatic carbocycles. The van der Waals surface area contributed by atoms with E-state index in [9.17, 15) is 9.59 Å². The number of amides is 2. The average Bonchev–Trinajstić information content (AvgIpc) is 2.74. The van der Waals surface area contributed by atoms with Crippen LogP contribution in [0, 0.1) is 18.8 Å². The highest BCUT2D eigenvalue weighted by Crippen LogP contribution is 2.28. The minimum atomic E-state index is -0.174. The van der Waals surface area contributed by atoms with Crippen LogP contribution in [0.15, 0.2) is 22.7 Å². The number of hydrogen-bond donors (Lipinski definition) is 0. The monoisotopic (exact) mass is 323 g/mol. The number of nitrogens with zero attached hydrogens (tertiary/aromatic N) is 1. The van der Waals surface area contributed by atoms with Crippen LogP contribution in [0.2, 0.25) is 0 Å². The van der Waals surface area contributed by atoms with E-state index >= 15 is 0 Å². The van der Waals surface area contributed by atoms with E-state index < -0.39 is 0 Å². The predicted molar refractivity (Wildman–Crippen MR) is 77.9 cm³/mol. The fourth-order valence-corrected chi connectivity index (χ4v) is 2.73. The van der Waals surface area contributed by atoms with Crippen LogP contribution >= 0.6 is 15.9 Å². The van der Waals surface area contributed by atoms with Gasteiger partial charge in [-0.25, -0.2) is 0 Å². The van der Waals surface area contributed by atoms with Crippen LogP contribution in [0.1, 0.15) is 36.2 Å². The van der Waals surface area contributed by atoms with Crippen molar-refractivity contribution in [1.29, 1.82) is 0 Å². The van der Waals surface area contributed by atoms with Crippen molar-refractivity contribution in [2.24, 2.45) is 11.8 Å². The number of hydrogen-bond acceptors (Lipinski definition) is 2. The molecule has 0 radical (unpaired) electrons. The Hall–Kier alpha value is -1.16. The summed E-state index contributed by atoms with van der Waals surface area (Å²) in [5.74, 6) is 0.476. The largest absolute Gasteiger partial charge is 0.278 e. The Bertz CT molecular complexity index is 525. The molecule has 0 spiro atoms. The van der Waals surface area contributed by atoms with Crippen LogP contribution in [-0.4, -0.2) is 23.3 Å². The molecule has 2 amide bonds. The van der Waals surface area contributed by atoms with Crippen LogP contribution in [0.5, 0.6) is 0 Å². The lowest BCUT2D eigenvalue weighted by atomic mass is 9.95. The molecule has 19 heavy (non-hydrogen) atoms. The predicted octanol–water partition coefficient (Wildman–Crippen LogP) is 3.40. The Morgan fingerprint density at radius 3 is 2.68 bits per heavy atom. The van der Waals surface area contributed by atoms with E-state index in [-0.39, 0.29) is 17.7 Å². The molecule has 0 N–H and O–H groups in total. The summed E-state index contributed by atoms with van der Waals surface area (Å²) in [6.07, 6.45) is 0.483. The van der Waals surface area contributed by atoms with E-state index in [0.717, 1.165) is 10.0 Å². The van der Waals surface area contributed by atoms with Crippen LogP contribution in [0.25, 0.3) is 0 Å². The van der Waals surface area contributed by atoms with Gasteiger partial charge in [-0.2, -0.15) is 0 Å². The van der Waals surface area contributed by atoms with Gasteiger partial charge in [0.1, 0.15) is 0 Å². The Kier molecular flexibility index (Phi) is 4.09. The zero-order chi connectivity index (χ0) is 14.2. The summed E-state index contributed by atoms with van der Waals surface area (Å²) >= 11 is 3.42. The van der Waals surface area contributed by atoms with E-state index in [1.165, 1.54) is 4.90 Å². The molecule has 0 aromatic heterocycles. The van der Waals surface area contributed by atoms with Gasteiger partial charge in [0.2, 0.25) is 5.91 Å². The lowest BCUT2D eigenvalue weighted by Gasteiger charge is -2.17. The van der Waals surface area contributed by atoms with Gasteiger partial charge < -0.3 is 0 Å². The van der Waals surface area contributed by atoms with E-state index in [1.807, 2.05) is 19.1 Å². The van der Waals surface area contributed by atoms with Crippen molar-refractivity contribution in [3.05, 3.63) is 33.8 Å². The van der Waals surface area contributed by atoms with Crippen molar-refractivity contribution in [1.82, 2.24) is 4.90 Å². The minimum Gasteiger partial charge on any atom is -0.278 e. The first-order chi connectivity index (χ1) is 8.91. The van der Waals surface area contributed by atoms with Crippen LogP contribution in [0.4, 0.5) is 0 Å². The van der Waals surface area contributed by atoms with Gasteiger partial charge in [0, 0.05) is 23.0 Å². The second-order valence-corrected chi connectivity index (χ2v) is 6.28. The highest BCUT2D eigenvalue weighted by Gasteiger charge is 2.36. The molecule has 0 bridgehead atoms. The lowest BCUT2D eigenvalue weighted by Crippen LogP contribution is -2.33. The highest BCUT2D eigenvalue weighted by molar-refractivity contribution is 9.10. The van der Waals surface area contributed by atoms with E-state index in [1.54, 1.807) is 6.07 Å². The molecule has 1 aliphatic rings. The molecule has 0 saturated carbocycles. The van der Waals surface area contributed by atoms with Crippen molar-refractivity contribution in [2.45, 2.75) is 27.2 Å². The van der Waals surface area contributed by atoms with Crippen LogP contribution in [-0.2, 0) is 4.79 Å². The first-order valence-electron chi connectivity index (χ1n) is 6.51. The third-order valence-corrected chi connectivity index (χ3v) is 4.70. The average molecular weight is 324 g/mol. The number of rotatable bonds is 2. The molecule has 1 fully saturated rings. The molecule has 0 aliphatic carbocycles. The van der Waals surface area contributed by atoms with E-state index in [2.05, 4.69) is 29.8 Å². The van der Waals surface area contributed by atoms with Gasteiger partial charge in [0.15, 0.2) is 0 Å². The molecule has 1 saturated heterocycles. The molecule has 1 atom stereocenters. The van der Waals surface area contributed by atoms with Gasteiger partial charge in [-0.15, -0.1) is 0 Å². The second kappa shape index (κ2) is 5.45. The van der Waals surface area contributed by atoms with Gasteiger partial charge in [-0.1, -0.05) is 35.8 Å². The van der Waals surface area contributed by atoms with Crippen molar-refractivity contribution in [2.75, 3.05) is 6.54 Å². The summed E-state index contributed by atoms with van der Waals surface area (Å²) in [5.41, 5.74) is 1.49. The summed E-state index contributed by atoms with van der Waals surface area (Å²) < 4.78 is 0.894. The summed E-state index contributed by atoms with van der Waals surface area (Å²) in [6.45, 7) is 6.62. The summed E-state index contributed by atoms with van der Waals surface area (Å²) in [7, 11) is 0. The number of carbonyl (C=O) groups excluding carboxylic acids is 2. The van der Waals surface area contributed by atoms with E-state index in [0.29, 0.717) is 24.4 Å². The maximum absolute atomic E-state index is 12.5. The molecular formula is C15H18BrNO2. The third-order valence-electron chi connectivity index (χ3n) is 3.84. The Morgan fingerprint density at radius 2 is 2.11 bits per heavy atom. The number of benzene rings is 1. The highest BCUT2D eigenvalue weighted by atomic mass is 79.9. The SMILES string of the molecule is Cc1c(Br)cccc1C(=O)N1CC(C(C)C)CC1=O. The maximum atomic E-state index is 12.5. The molecular weight excluding hydrogens is 306 g/mol. The molecule has 102 valence electrons. The minimum absolute atomic E-state index is 0.0527. The van der Waals surface area contributed by atoms with Gasteiger partial charge in [0.05, 0.1) is 0 Å². The first kappa shape index (κ1) is 14.3. The zero-order valence-electron chi connectivity index (χ0n) is 11.4. The van der Waals surface area contributed by atoms with E-state index in [4.69, 9.17) is 0 Å². The van der Waals surface area contributed by atoms with Crippen LogP contribution in [0.3, 0.4) is 0 Å². The summed E-state index contributed by atoms with van der Waals surface area (Å²) in [6, 6.07) is 5.50. The third kappa shape index (κ3) is 2.73. The molecule has 1 heterocycles. The van der Waals surface area contributed by atoms with Crippen molar-refractivity contribution < 1.29 is 9.59 Å². The zero-order valence-corrected chi connectivity index (χ0v) is 13.0. The van der Waals surface area contributed by atoms with Gasteiger partial charge in [0.25, 0.3) is 5.91 Å². The number of carbonyl (C=O) groups is 2. The molecule has 3 nitrogen and oxygen atoms in total. The van der Waals surface area contributed by atoms with Gasteiger partial charge in [-0.05, 0) is 36.5 Å². The quantitative estimate of drug-likeness (QED) is 0.782. The standard InChI is InChI=1S/C15H18BrNO2/c1-9(2)11-7-14(18)17(8-11)15(19)12-5-4-6-13(16)10(12)3/h4-6,9,11H,7-8H2,1-3H3. The Morgan fingerprint density at radius 1 is 1.42 bits per heavy atom. The number of halogens is 1. The topological polar surface area (TPSA) is 37.4 Å². The van der Waals surface area contributed by atoms with Crippen molar-refractivity contribution in [3.8, 4) is 0 Å². The van der Waals surface area contributed by atoms with Crippen molar-refractivity contribution >= 4 is 27.7 Å². The van der Waals surface area contributed by atoms with Crippen molar-refractivity contribution in [3.63, 3.8) is 0 Å². The molecule has 1 unspecified atom stereocenters. The first-order valence-corrected chi connectivity index (χ1v) is 7.31. The molecule has 1 aromatic rings. The van der Waals surface area contributed by atoms with Crippen LogP contribution < -0.4 is 0 Å². The van der Waals surface area contributed by atoms with Gasteiger partial charge >= 0.3 is 0 Å². The molecule has 4 heteroatoms. The fraction of sp³-hybridized carbons (Fsp3) is 0.467. The van der Waals surface area contributed by atoms with Gasteiger partial charge in [-0.3, -0.25) is 14.5 Å². The Balaban J connectivity index is 2.25. The lowest BCUT2D eigenvalue weighted by molar-refractivity contribution is -0.125. The fourth-order valence-electron chi connectivity index (χ4n) is 2.36. The maximum Gasteiger partial charge on any atom is 0.260 e. The summed E-state index contributed by atoms with van der Waals surface area (Å²) in [4.78, 5) is 25.9. The summed E-state index contributed by atoms with van der Waals surface area (Å²) in [5, 5.41) is 0. The normalized spacial score (nSPS) is 19.3. The molecule has 2 rings (SSSR count). The Labute approximate surface area is 122 Å². The number of likely N-dealkylation sites (tertiary alicyclic amines) is 1. The smallest absolute Gasteiger partial charge is 0.260 e. The molecule has 1 aliphatic heterocycles. The number of imide groups is 1. The second-order valence-electron chi connectivity index (χ2n) is 5.43.